The number of esters is 1. The second-order valence-electron chi connectivity index (χ2n) is 9.30. The third kappa shape index (κ3) is 2.59. The van der Waals surface area contributed by atoms with Crippen molar-refractivity contribution in [3.8, 4) is 0 Å². The molecule has 174 valence electrons. The number of amides is 2. The number of imide groups is 1. The lowest BCUT2D eigenvalue weighted by Gasteiger charge is -2.52. The molecule has 6 heteroatoms. The number of hydrogen-bond acceptors (Lipinski definition) is 5. The summed E-state index contributed by atoms with van der Waals surface area (Å²) >= 11 is 0. The van der Waals surface area contributed by atoms with Gasteiger partial charge in [-0.3, -0.25) is 14.4 Å². The zero-order chi connectivity index (χ0) is 24.5. The number of nitrogens with zero attached hydrogens (tertiary/aromatic N) is 1. The Balaban J connectivity index is 1.53. The van der Waals surface area contributed by atoms with E-state index >= 15 is 0 Å². The van der Waals surface area contributed by atoms with Crippen molar-refractivity contribution in [3.05, 3.63) is 101 Å². The lowest BCUT2D eigenvalue weighted by molar-refractivity contribution is -0.132. The Labute approximate surface area is 202 Å². The van der Waals surface area contributed by atoms with Gasteiger partial charge in [0, 0.05) is 5.92 Å². The van der Waals surface area contributed by atoms with E-state index in [1.165, 1.54) is 11.8 Å². The van der Waals surface area contributed by atoms with Gasteiger partial charge in [-0.05, 0) is 60.4 Å². The zero-order valence-corrected chi connectivity index (χ0v) is 19.4. The van der Waals surface area contributed by atoms with Crippen LogP contribution in [0.3, 0.4) is 0 Å². The maximum atomic E-state index is 14.1. The second kappa shape index (κ2) is 7.47. The predicted molar refractivity (Wildman–Crippen MR) is 128 cm³/mol. The Hall–Kier alpha value is -4.06. The second-order valence-corrected chi connectivity index (χ2v) is 9.30. The third-order valence-corrected chi connectivity index (χ3v) is 7.81. The Morgan fingerprint density at radius 3 is 1.97 bits per heavy atom. The van der Waals surface area contributed by atoms with Gasteiger partial charge in [0.2, 0.25) is 11.8 Å². The molecule has 0 aromatic heterocycles. The molecule has 1 saturated heterocycles. The van der Waals surface area contributed by atoms with Gasteiger partial charge in [-0.15, -0.1) is 0 Å². The minimum Gasteiger partial charge on any atom is -0.462 e. The van der Waals surface area contributed by atoms with E-state index in [1.807, 2.05) is 48.5 Å². The highest BCUT2D eigenvalue weighted by Gasteiger charge is 2.69. The van der Waals surface area contributed by atoms with Gasteiger partial charge in [0.25, 0.3) is 0 Å². The summed E-state index contributed by atoms with van der Waals surface area (Å²) in [4.78, 5) is 54.9. The number of benzene rings is 3. The van der Waals surface area contributed by atoms with E-state index in [4.69, 9.17) is 4.74 Å². The van der Waals surface area contributed by atoms with E-state index < -0.39 is 23.2 Å². The van der Waals surface area contributed by atoms with E-state index in [9.17, 15) is 19.2 Å². The summed E-state index contributed by atoms with van der Waals surface area (Å²) in [6.45, 7) is 3.50. The monoisotopic (exact) mass is 465 g/mol. The van der Waals surface area contributed by atoms with E-state index in [0.29, 0.717) is 11.3 Å². The first-order chi connectivity index (χ1) is 16.9. The molecule has 6 nitrogen and oxygen atoms in total. The average Bonchev–Trinajstić information content (AvgIpc) is 3.14. The third-order valence-electron chi connectivity index (χ3n) is 7.81. The molecule has 2 amide bonds. The van der Waals surface area contributed by atoms with Gasteiger partial charge in [-0.25, -0.2) is 9.69 Å². The highest BCUT2D eigenvalue weighted by molar-refractivity contribution is 6.25. The van der Waals surface area contributed by atoms with Gasteiger partial charge >= 0.3 is 5.97 Å². The SMILES string of the molecule is CCOC(=O)c1ccc(N2C(=O)[C@@H]3C4c5ccccc5C(C(C)=O)(c5ccccc54)[C@@H]3C2=O)cc1. The number of ketones is 1. The summed E-state index contributed by atoms with van der Waals surface area (Å²) < 4.78 is 5.04. The summed E-state index contributed by atoms with van der Waals surface area (Å²) in [5, 5.41) is 0. The molecule has 0 radical (unpaired) electrons. The molecule has 2 bridgehead atoms. The topological polar surface area (TPSA) is 80.8 Å². The summed E-state index contributed by atoms with van der Waals surface area (Å²) in [5.41, 5.74) is 3.00. The summed E-state index contributed by atoms with van der Waals surface area (Å²) in [6.07, 6.45) is 0. The van der Waals surface area contributed by atoms with Crippen LogP contribution in [0.2, 0.25) is 0 Å². The van der Waals surface area contributed by atoms with Crippen molar-refractivity contribution in [1.29, 1.82) is 0 Å². The molecule has 1 aliphatic heterocycles. The van der Waals surface area contributed by atoms with Crippen LogP contribution < -0.4 is 4.90 Å². The molecule has 0 saturated carbocycles. The van der Waals surface area contributed by atoms with Crippen molar-refractivity contribution in [2.24, 2.45) is 11.8 Å². The van der Waals surface area contributed by atoms with E-state index in [-0.39, 0.29) is 30.1 Å². The fourth-order valence-electron chi connectivity index (χ4n) is 6.59. The minimum absolute atomic E-state index is 0.147. The standard InChI is InChI=1S/C29H23NO5/c1-3-35-28(34)17-12-14-18(15-13-17)30-26(32)24-23-19-8-4-6-10-21(19)29(16(2)31,25(24)27(30)33)22-11-7-5-9-20(22)23/h4-15,23-25H,3H2,1-2H3/t23?,24-,25+,29?/m1/s1. The smallest absolute Gasteiger partial charge is 0.338 e. The van der Waals surface area contributed by atoms with Gasteiger partial charge in [0.05, 0.1) is 35.1 Å². The first-order valence-corrected chi connectivity index (χ1v) is 11.8. The van der Waals surface area contributed by atoms with Crippen LogP contribution in [0.1, 0.15) is 52.4 Å². The Kier molecular flexibility index (Phi) is 4.58. The molecule has 1 heterocycles. The molecule has 7 rings (SSSR count). The summed E-state index contributed by atoms with van der Waals surface area (Å²) in [7, 11) is 0. The van der Waals surface area contributed by atoms with Crippen LogP contribution in [0, 0.1) is 11.8 Å². The number of rotatable bonds is 4. The van der Waals surface area contributed by atoms with Gasteiger partial charge < -0.3 is 4.74 Å². The first-order valence-electron chi connectivity index (χ1n) is 11.8. The van der Waals surface area contributed by atoms with Crippen LogP contribution in [0.4, 0.5) is 5.69 Å². The van der Waals surface area contributed by atoms with Crippen LogP contribution >= 0.6 is 0 Å². The van der Waals surface area contributed by atoms with E-state index in [1.54, 1.807) is 31.2 Å². The number of carbonyl (C=O) groups excluding carboxylic acids is 4. The van der Waals surface area contributed by atoms with Crippen molar-refractivity contribution < 1.29 is 23.9 Å². The maximum Gasteiger partial charge on any atom is 0.338 e. The molecule has 2 atom stereocenters. The lowest BCUT2D eigenvalue weighted by Crippen LogP contribution is -2.57. The van der Waals surface area contributed by atoms with Gasteiger partial charge in [-0.2, -0.15) is 0 Å². The van der Waals surface area contributed by atoms with Gasteiger partial charge in [-0.1, -0.05) is 48.5 Å². The molecule has 0 spiro atoms. The van der Waals surface area contributed by atoms with Crippen LogP contribution in [0.5, 0.6) is 0 Å². The molecule has 3 aromatic carbocycles. The zero-order valence-electron chi connectivity index (χ0n) is 19.4. The molecular weight excluding hydrogens is 442 g/mol. The number of carbonyl (C=O) groups is 4. The number of hydrogen-bond donors (Lipinski definition) is 0. The van der Waals surface area contributed by atoms with Gasteiger partial charge in [0.1, 0.15) is 5.78 Å². The molecule has 1 fully saturated rings. The number of ether oxygens (including phenoxy) is 1. The van der Waals surface area contributed by atoms with Crippen LogP contribution in [0.15, 0.2) is 72.8 Å². The fourth-order valence-corrected chi connectivity index (χ4v) is 6.59. The highest BCUT2D eigenvalue weighted by atomic mass is 16.5. The molecule has 3 aromatic rings. The Morgan fingerprint density at radius 1 is 0.857 bits per heavy atom. The summed E-state index contributed by atoms with van der Waals surface area (Å²) in [6, 6.07) is 21.7. The van der Waals surface area contributed by atoms with Crippen molar-refractivity contribution in [3.63, 3.8) is 0 Å². The highest BCUT2D eigenvalue weighted by Crippen LogP contribution is 2.64. The molecular formula is C29H23NO5. The molecule has 0 N–H and O–H groups in total. The summed E-state index contributed by atoms with van der Waals surface area (Å²) in [5.74, 6) is -3.13. The van der Waals surface area contributed by atoms with Crippen molar-refractivity contribution in [1.82, 2.24) is 0 Å². The normalized spacial score (nSPS) is 25.7. The predicted octanol–water partition coefficient (Wildman–Crippen LogP) is 4.00. The average molecular weight is 466 g/mol. The van der Waals surface area contributed by atoms with E-state index in [0.717, 1.165) is 22.3 Å². The fraction of sp³-hybridized carbons (Fsp3) is 0.241. The van der Waals surface area contributed by atoms with Crippen LogP contribution in [-0.2, 0) is 24.5 Å². The number of Topliss-reactive ketones (excluding diaryl/α,β-unsaturated/α-hetero) is 1. The first kappa shape index (κ1) is 21.5. The molecule has 3 aliphatic carbocycles. The quantitative estimate of drug-likeness (QED) is 0.430. The number of anilines is 1. The molecule has 4 aliphatic rings. The largest absolute Gasteiger partial charge is 0.462 e. The van der Waals surface area contributed by atoms with E-state index in [2.05, 4.69) is 0 Å². The van der Waals surface area contributed by atoms with Gasteiger partial charge in [0.15, 0.2) is 0 Å². The maximum absolute atomic E-state index is 14.1. The Morgan fingerprint density at radius 2 is 1.43 bits per heavy atom. The molecule has 35 heavy (non-hydrogen) atoms. The van der Waals surface area contributed by atoms with Crippen LogP contribution in [-0.4, -0.2) is 30.2 Å². The Bertz CT molecular complexity index is 1380. The lowest BCUT2D eigenvalue weighted by atomic mass is 9.46. The van der Waals surface area contributed by atoms with Crippen LogP contribution in [0.25, 0.3) is 0 Å². The minimum atomic E-state index is -1.22. The van der Waals surface area contributed by atoms with Crippen molar-refractivity contribution in [2.45, 2.75) is 25.2 Å². The van der Waals surface area contributed by atoms with Crippen molar-refractivity contribution >= 4 is 29.3 Å². The van der Waals surface area contributed by atoms with Crippen molar-refractivity contribution in [2.75, 3.05) is 11.5 Å². The molecule has 0 unspecified atom stereocenters.